The van der Waals surface area contributed by atoms with Crippen LogP contribution in [-0.4, -0.2) is 54.6 Å². The van der Waals surface area contributed by atoms with Crippen molar-refractivity contribution < 1.29 is 43.3 Å². The van der Waals surface area contributed by atoms with Gasteiger partial charge >= 0.3 is 23.9 Å². The summed E-state index contributed by atoms with van der Waals surface area (Å²) in [6, 6.07) is 5.47. The lowest BCUT2D eigenvalue weighted by molar-refractivity contribution is -0.149. The van der Waals surface area contributed by atoms with E-state index in [0.29, 0.717) is 25.4 Å². The van der Waals surface area contributed by atoms with Gasteiger partial charge in [-0.2, -0.15) is 15.8 Å². The number of hydrogen-bond acceptors (Lipinski definition) is 11. The molecule has 0 bridgehead atoms. The number of ether oxygens (including phenoxy) is 3. The number of ketones is 1. The molecule has 48 heavy (non-hydrogen) atoms. The molecule has 0 amide bonds. The van der Waals surface area contributed by atoms with Crippen molar-refractivity contribution in [3.05, 3.63) is 11.1 Å². The summed E-state index contributed by atoms with van der Waals surface area (Å²) >= 11 is 0. The van der Waals surface area contributed by atoms with Crippen LogP contribution in [0.1, 0.15) is 136 Å². The molecule has 0 spiro atoms. The summed E-state index contributed by atoms with van der Waals surface area (Å²) in [7, 11) is 0. The molecule has 0 aromatic carbocycles. The fourth-order valence-corrected chi connectivity index (χ4v) is 2.35. The molecule has 12 heteroatoms. The number of hydrogen-bond donors (Lipinski definition) is 1. The third kappa shape index (κ3) is 41.8. The highest BCUT2D eigenvalue weighted by atomic mass is 16.5. The molecule has 0 aliphatic carbocycles. The molecular formula is C36H63N3O9. The number of carboxylic acid groups (broad SMARTS) is 1. The Morgan fingerprint density at radius 2 is 1.15 bits per heavy atom. The minimum Gasteiger partial charge on any atom is -0.481 e. The Morgan fingerprint density at radius 1 is 0.729 bits per heavy atom. The van der Waals surface area contributed by atoms with Gasteiger partial charge in [0, 0.05) is 0 Å². The highest BCUT2D eigenvalue weighted by Crippen LogP contribution is 2.30. The zero-order valence-corrected chi connectivity index (χ0v) is 32.3. The average molecular weight is 682 g/mol. The Morgan fingerprint density at radius 3 is 1.38 bits per heavy atom. The maximum absolute atomic E-state index is 11.3. The molecule has 0 radical (unpaired) electrons. The fraction of sp³-hybridized carbons (Fsp3) is 0.722. The maximum atomic E-state index is 11.3. The lowest BCUT2D eigenvalue weighted by Crippen LogP contribution is -2.30. The molecule has 276 valence electrons. The molecule has 1 atom stereocenters. The number of carbonyl (C=O) groups excluding carboxylic acids is 4. The molecule has 0 aromatic rings. The van der Waals surface area contributed by atoms with E-state index in [0.717, 1.165) is 12.8 Å². The third-order valence-corrected chi connectivity index (χ3v) is 5.55. The van der Waals surface area contributed by atoms with E-state index in [4.69, 9.17) is 25.6 Å². The monoisotopic (exact) mass is 681 g/mol. The molecule has 1 N–H and O–H groups in total. The van der Waals surface area contributed by atoms with Crippen molar-refractivity contribution in [2.24, 2.45) is 16.7 Å². The second-order valence-electron chi connectivity index (χ2n) is 11.7. The van der Waals surface area contributed by atoms with Gasteiger partial charge in [-0.3, -0.25) is 14.4 Å². The van der Waals surface area contributed by atoms with Crippen LogP contribution < -0.4 is 0 Å². The number of carbonyl (C=O) groups is 5. The topological polar surface area (TPSA) is 205 Å². The summed E-state index contributed by atoms with van der Waals surface area (Å²) in [5.41, 5.74) is 0.449. The van der Waals surface area contributed by atoms with E-state index in [1.807, 2.05) is 47.6 Å². The Hall–Kier alpha value is -4.24. The van der Waals surface area contributed by atoms with Crippen molar-refractivity contribution in [2.45, 2.75) is 136 Å². The second-order valence-corrected chi connectivity index (χ2v) is 11.7. The molecule has 1 unspecified atom stereocenters. The number of aliphatic carboxylic acids is 1. The first-order valence-electron chi connectivity index (χ1n) is 16.1. The number of rotatable bonds is 11. The van der Waals surface area contributed by atoms with E-state index in [9.17, 15) is 24.0 Å². The van der Waals surface area contributed by atoms with Gasteiger partial charge < -0.3 is 24.1 Å². The highest BCUT2D eigenvalue weighted by Gasteiger charge is 2.34. The first-order valence-corrected chi connectivity index (χ1v) is 16.1. The van der Waals surface area contributed by atoms with Gasteiger partial charge in [-0.1, -0.05) is 73.8 Å². The van der Waals surface area contributed by atoms with E-state index in [1.54, 1.807) is 46.8 Å². The fourth-order valence-electron chi connectivity index (χ4n) is 2.35. The number of nitrogens with zero attached hydrogens (tertiary/aromatic N) is 3. The second kappa shape index (κ2) is 35.6. The van der Waals surface area contributed by atoms with Crippen LogP contribution in [0.15, 0.2) is 11.1 Å². The molecule has 0 rings (SSSR count). The molecule has 0 heterocycles. The van der Waals surface area contributed by atoms with Crippen molar-refractivity contribution in [3.8, 4) is 18.2 Å². The quantitative estimate of drug-likeness (QED) is 0.0955. The van der Waals surface area contributed by atoms with E-state index in [1.165, 1.54) is 20.3 Å². The number of Topliss-reactive ketones (excluding diaryl/α,β-unsaturated/α-hetero) is 1. The Balaban J connectivity index is -0.000000116. The van der Waals surface area contributed by atoms with Gasteiger partial charge in [0.05, 0.1) is 38.4 Å². The predicted octanol–water partition coefficient (Wildman–Crippen LogP) is 7.91. The Kier molecular flexibility index (Phi) is 41.6. The van der Waals surface area contributed by atoms with Crippen LogP contribution >= 0.6 is 0 Å². The van der Waals surface area contributed by atoms with Crippen LogP contribution in [0.2, 0.25) is 0 Å². The zero-order valence-electron chi connectivity index (χ0n) is 32.3. The van der Waals surface area contributed by atoms with Gasteiger partial charge in [0.1, 0.15) is 29.8 Å². The molecule has 0 saturated carbocycles. The smallest absolute Gasteiger partial charge is 0.348 e. The third-order valence-electron chi connectivity index (χ3n) is 5.55. The SMILES string of the molecule is CC(C)=O.CCC.CCC(C)(C)CC(=O)O.CCOC(=O)C(C#N)=C(C)C.CCOC(=O)C(C#N)C(C)(C)CC.CCOC(=O)CC#N. The molecule has 0 aromatic heterocycles. The van der Waals surface area contributed by atoms with Crippen molar-refractivity contribution in [2.75, 3.05) is 19.8 Å². The minimum atomic E-state index is -0.707. The molecule has 0 aliphatic rings. The van der Waals surface area contributed by atoms with Gasteiger partial charge in [-0.05, 0) is 65.7 Å². The summed E-state index contributed by atoms with van der Waals surface area (Å²) in [6.45, 7) is 28.5. The van der Waals surface area contributed by atoms with Gasteiger partial charge in [0.2, 0.25) is 0 Å². The van der Waals surface area contributed by atoms with Crippen molar-refractivity contribution in [3.63, 3.8) is 0 Å². The average Bonchev–Trinajstić information content (AvgIpc) is 2.95. The number of allylic oxidation sites excluding steroid dienone is 1. The van der Waals surface area contributed by atoms with Crippen molar-refractivity contribution in [1.29, 1.82) is 15.8 Å². The van der Waals surface area contributed by atoms with E-state index in [2.05, 4.69) is 23.3 Å². The van der Waals surface area contributed by atoms with Crippen molar-refractivity contribution >= 4 is 29.7 Å². The van der Waals surface area contributed by atoms with Crippen LogP contribution in [0, 0.1) is 50.7 Å². The first kappa shape index (κ1) is 56.1. The summed E-state index contributed by atoms with van der Waals surface area (Å²) in [4.78, 5) is 52.1. The van der Waals surface area contributed by atoms with Gasteiger partial charge in [0.25, 0.3) is 0 Å². The zero-order chi connectivity index (χ0) is 39.5. The molecule has 0 saturated heterocycles. The lowest BCUT2D eigenvalue weighted by atomic mass is 9.77. The highest BCUT2D eigenvalue weighted by molar-refractivity contribution is 5.93. The number of nitriles is 3. The van der Waals surface area contributed by atoms with Crippen LogP contribution in [0.3, 0.4) is 0 Å². The normalized spacial score (nSPS) is 9.75. The minimum absolute atomic E-state index is 0.0359. The van der Waals surface area contributed by atoms with E-state index >= 15 is 0 Å². The van der Waals surface area contributed by atoms with Crippen LogP contribution in [-0.2, 0) is 38.2 Å². The lowest BCUT2D eigenvalue weighted by Gasteiger charge is -2.26. The van der Waals surface area contributed by atoms with Crippen LogP contribution in [0.25, 0.3) is 0 Å². The standard InChI is InChI=1S/C10H17NO2.C8H11NO2.C7H14O2.C5H7NO2.C3H6O.C3H8/c1-5-10(3,4)8(7-11)9(12)13-6-2;1-4-11-8(10)7(5-9)6(2)3;1-4-7(2,3)5-6(8)9;1-2-8-5(7)3-4-6;1-3(2)4;1-3-2/h8H,5-6H2,1-4H3;4H2,1-3H3;4-5H2,1-3H3,(H,8,9);2-3H2,1H3;1-2H3;3H2,1-2H3. The summed E-state index contributed by atoms with van der Waals surface area (Å²) in [5, 5.41) is 33.6. The molecule has 0 fully saturated rings. The van der Waals surface area contributed by atoms with Crippen molar-refractivity contribution in [1.82, 2.24) is 0 Å². The number of carboxylic acids is 1. The molecule has 12 nitrogen and oxygen atoms in total. The van der Waals surface area contributed by atoms with E-state index < -0.39 is 29.8 Å². The van der Waals surface area contributed by atoms with Crippen LogP contribution in [0.4, 0.5) is 0 Å². The molecular weight excluding hydrogens is 618 g/mol. The largest absolute Gasteiger partial charge is 0.481 e. The van der Waals surface area contributed by atoms with E-state index in [-0.39, 0.29) is 35.0 Å². The summed E-state index contributed by atoms with van der Waals surface area (Å²) in [6.07, 6.45) is 3.07. The van der Waals surface area contributed by atoms with Gasteiger partial charge in [-0.25, -0.2) is 4.79 Å². The molecule has 0 aliphatic heterocycles. The van der Waals surface area contributed by atoms with Gasteiger partial charge in [-0.15, -0.1) is 0 Å². The summed E-state index contributed by atoms with van der Waals surface area (Å²) in [5.74, 6) is -2.58. The predicted molar refractivity (Wildman–Crippen MR) is 186 cm³/mol. The van der Waals surface area contributed by atoms with Crippen LogP contribution in [0.5, 0.6) is 0 Å². The first-order chi connectivity index (χ1) is 22.1. The Labute approximate surface area is 290 Å². The maximum Gasteiger partial charge on any atom is 0.348 e. The summed E-state index contributed by atoms with van der Waals surface area (Å²) < 4.78 is 13.9. The Bertz CT molecular complexity index is 1070. The number of esters is 3. The van der Waals surface area contributed by atoms with Gasteiger partial charge in [0.15, 0.2) is 0 Å².